The van der Waals surface area contributed by atoms with E-state index in [1.165, 1.54) is 0 Å². The minimum Gasteiger partial charge on any atom is -0.507 e. The van der Waals surface area contributed by atoms with Crippen LogP contribution in [0.5, 0.6) is 5.75 Å². The Kier molecular flexibility index (Phi) is 7.07. The highest BCUT2D eigenvalue weighted by atomic mass is 32.1. The van der Waals surface area contributed by atoms with Gasteiger partial charge in [-0.1, -0.05) is 42.5 Å². The SMILES string of the molecule is C/C(=N/NC(N)=S)C(CN(C)C)C(C1=C(O)c2ccccc2OC1)c1ccccc1. The molecule has 0 aromatic heterocycles. The van der Waals surface area contributed by atoms with Crippen molar-refractivity contribution in [3.63, 3.8) is 0 Å². The molecule has 2 unspecified atom stereocenters. The van der Waals surface area contributed by atoms with Crippen LogP contribution in [0.4, 0.5) is 0 Å². The van der Waals surface area contributed by atoms with Crippen LogP contribution in [0.25, 0.3) is 5.76 Å². The van der Waals surface area contributed by atoms with Crippen LogP contribution in [-0.4, -0.2) is 48.1 Å². The van der Waals surface area contributed by atoms with E-state index in [1.807, 2.05) is 63.5 Å². The fourth-order valence-corrected chi connectivity index (χ4v) is 3.90. The van der Waals surface area contributed by atoms with Crippen molar-refractivity contribution < 1.29 is 9.84 Å². The van der Waals surface area contributed by atoms with Crippen molar-refractivity contribution in [1.82, 2.24) is 10.3 Å². The molecular formula is C23H28N4O2S. The molecule has 1 aliphatic heterocycles. The second-order valence-corrected chi connectivity index (χ2v) is 8.08. The Bertz CT molecular complexity index is 957. The van der Waals surface area contributed by atoms with E-state index >= 15 is 0 Å². The van der Waals surface area contributed by atoms with Crippen LogP contribution in [0.1, 0.15) is 24.0 Å². The standard InChI is InChI=1S/C23H28N4O2S/c1-15(25-26-23(24)30)18(13-27(2)3)21(16-9-5-4-6-10-16)19-14-29-20-12-8-7-11-17(20)22(19)28/h4-12,18,21,28H,13-14H2,1-3H3,(H3,24,26,30)/b25-15-. The number of hydrogen-bond acceptors (Lipinski definition) is 5. The molecule has 158 valence electrons. The van der Waals surface area contributed by atoms with Crippen molar-refractivity contribution in [3.05, 3.63) is 71.3 Å². The summed E-state index contributed by atoms with van der Waals surface area (Å²) in [6, 6.07) is 17.7. The summed E-state index contributed by atoms with van der Waals surface area (Å²) in [6.07, 6.45) is 0. The molecule has 3 rings (SSSR count). The molecule has 7 heteroatoms. The Morgan fingerprint density at radius 1 is 1.20 bits per heavy atom. The van der Waals surface area contributed by atoms with E-state index in [1.54, 1.807) is 0 Å². The summed E-state index contributed by atoms with van der Waals surface area (Å²) >= 11 is 4.91. The van der Waals surface area contributed by atoms with E-state index in [4.69, 9.17) is 22.7 Å². The number of hydrogen-bond donors (Lipinski definition) is 3. The van der Waals surface area contributed by atoms with E-state index in [2.05, 4.69) is 27.6 Å². The first kappa shape index (κ1) is 21.8. The molecule has 0 amide bonds. The van der Waals surface area contributed by atoms with Crippen LogP contribution in [0.3, 0.4) is 0 Å². The predicted octanol–water partition coefficient (Wildman–Crippen LogP) is 3.52. The average molecular weight is 425 g/mol. The first-order valence-electron chi connectivity index (χ1n) is 9.82. The van der Waals surface area contributed by atoms with Gasteiger partial charge in [-0.3, -0.25) is 5.43 Å². The second-order valence-electron chi connectivity index (χ2n) is 7.65. The monoisotopic (exact) mass is 424 g/mol. The molecule has 4 N–H and O–H groups in total. The highest BCUT2D eigenvalue weighted by Crippen LogP contribution is 2.41. The van der Waals surface area contributed by atoms with Gasteiger partial charge in [0.15, 0.2) is 5.11 Å². The fourth-order valence-electron chi connectivity index (χ4n) is 3.86. The lowest BCUT2D eigenvalue weighted by Crippen LogP contribution is -2.36. The summed E-state index contributed by atoms with van der Waals surface area (Å²) in [4.78, 5) is 2.11. The zero-order chi connectivity index (χ0) is 21.7. The minimum atomic E-state index is -0.140. The number of aliphatic hydroxyl groups is 1. The maximum Gasteiger partial charge on any atom is 0.184 e. The van der Waals surface area contributed by atoms with Crippen LogP contribution in [0, 0.1) is 5.92 Å². The van der Waals surface area contributed by atoms with Crippen LogP contribution in [-0.2, 0) is 0 Å². The lowest BCUT2D eigenvalue weighted by atomic mass is 9.76. The van der Waals surface area contributed by atoms with Crippen LogP contribution in [0.2, 0.25) is 0 Å². The number of nitrogens with two attached hydrogens (primary N) is 1. The molecule has 0 aliphatic carbocycles. The van der Waals surface area contributed by atoms with Crippen molar-refractivity contribution in [1.29, 1.82) is 0 Å². The molecule has 0 spiro atoms. The predicted molar refractivity (Wildman–Crippen MR) is 126 cm³/mol. The number of aliphatic hydroxyl groups excluding tert-OH is 1. The Morgan fingerprint density at radius 3 is 2.53 bits per heavy atom. The van der Waals surface area contributed by atoms with Gasteiger partial charge in [-0.15, -0.1) is 0 Å². The Hall–Kier alpha value is -2.90. The third-order valence-corrected chi connectivity index (χ3v) is 5.30. The normalized spacial score (nSPS) is 15.9. The number of ether oxygens (including phenoxy) is 1. The highest BCUT2D eigenvalue weighted by Gasteiger charge is 2.34. The van der Waals surface area contributed by atoms with Gasteiger partial charge in [0.1, 0.15) is 18.1 Å². The van der Waals surface area contributed by atoms with Gasteiger partial charge in [-0.05, 0) is 50.9 Å². The summed E-state index contributed by atoms with van der Waals surface area (Å²) in [6.45, 7) is 2.97. The zero-order valence-corrected chi connectivity index (χ0v) is 18.3. The Labute approximate surface area is 183 Å². The maximum atomic E-state index is 11.2. The van der Waals surface area contributed by atoms with Crippen LogP contribution >= 0.6 is 12.2 Å². The summed E-state index contributed by atoms with van der Waals surface area (Å²) in [5, 5.41) is 15.8. The van der Waals surface area contributed by atoms with Crippen molar-refractivity contribution in [2.75, 3.05) is 27.2 Å². The minimum absolute atomic E-state index is 0.0461. The summed E-state index contributed by atoms with van der Waals surface area (Å²) in [7, 11) is 4.04. The zero-order valence-electron chi connectivity index (χ0n) is 17.5. The Morgan fingerprint density at radius 2 is 1.87 bits per heavy atom. The molecule has 0 saturated heterocycles. The van der Waals surface area contributed by atoms with E-state index in [-0.39, 0.29) is 22.7 Å². The first-order chi connectivity index (χ1) is 14.4. The summed E-state index contributed by atoms with van der Waals surface area (Å²) < 4.78 is 6.01. The largest absolute Gasteiger partial charge is 0.507 e. The van der Waals surface area contributed by atoms with Gasteiger partial charge in [-0.2, -0.15) is 5.10 Å². The molecule has 0 radical (unpaired) electrons. The van der Waals surface area contributed by atoms with Gasteiger partial charge in [-0.25, -0.2) is 0 Å². The van der Waals surface area contributed by atoms with E-state index in [0.717, 1.165) is 16.8 Å². The summed E-state index contributed by atoms with van der Waals surface area (Å²) in [5.74, 6) is 0.772. The molecule has 1 aliphatic rings. The molecule has 1 heterocycles. The van der Waals surface area contributed by atoms with Crippen molar-refractivity contribution in [3.8, 4) is 5.75 Å². The molecule has 30 heavy (non-hydrogen) atoms. The number of nitrogens with zero attached hydrogens (tertiary/aromatic N) is 2. The van der Waals surface area contributed by atoms with Gasteiger partial charge in [0.25, 0.3) is 0 Å². The number of thiocarbonyl (C=S) groups is 1. The van der Waals surface area contributed by atoms with Crippen LogP contribution in [0.15, 0.2) is 65.3 Å². The van der Waals surface area contributed by atoms with Gasteiger partial charge in [0, 0.05) is 29.7 Å². The first-order valence-corrected chi connectivity index (χ1v) is 10.2. The molecular weight excluding hydrogens is 396 g/mol. The lowest BCUT2D eigenvalue weighted by Gasteiger charge is -2.34. The highest BCUT2D eigenvalue weighted by molar-refractivity contribution is 7.80. The molecule has 0 bridgehead atoms. The number of fused-ring (bicyclic) bond motifs is 1. The van der Waals surface area contributed by atoms with Crippen molar-refractivity contribution >= 4 is 28.8 Å². The fraction of sp³-hybridized carbons (Fsp3) is 0.304. The number of nitrogens with one attached hydrogen (secondary N) is 1. The van der Waals surface area contributed by atoms with E-state index in [0.29, 0.717) is 24.5 Å². The van der Waals surface area contributed by atoms with E-state index in [9.17, 15) is 5.11 Å². The number of rotatable bonds is 7. The number of para-hydroxylation sites is 1. The molecule has 6 nitrogen and oxygen atoms in total. The average Bonchev–Trinajstić information content (AvgIpc) is 2.73. The molecule has 0 saturated carbocycles. The molecule has 2 aromatic carbocycles. The smallest absolute Gasteiger partial charge is 0.184 e. The molecule has 2 atom stereocenters. The lowest BCUT2D eigenvalue weighted by molar-refractivity contribution is 0.301. The maximum absolute atomic E-state index is 11.2. The van der Waals surface area contributed by atoms with Gasteiger partial charge < -0.3 is 20.5 Å². The number of benzene rings is 2. The third-order valence-electron chi connectivity index (χ3n) is 5.21. The van der Waals surface area contributed by atoms with Crippen molar-refractivity contribution in [2.24, 2.45) is 16.8 Å². The van der Waals surface area contributed by atoms with Gasteiger partial charge >= 0.3 is 0 Å². The van der Waals surface area contributed by atoms with Gasteiger partial charge in [0.05, 0.1) is 5.56 Å². The number of hydrazone groups is 1. The Balaban J connectivity index is 2.14. The third kappa shape index (κ3) is 4.98. The quantitative estimate of drug-likeness (QED) is 0.358. The topological polar surface area (TPSA) is 83.1 Å². The second kappa shape index (κ2) is 9.73. The summed E-state index contributed by atoms with van der Waals surface area (Å²) in [5.41, 5.74) is 11.7. The van der Waals surface area contributed by atoms with Crippen LogP contribution < -0.4 is 15.9 Å². The van der Waals surface area contributed by atoms with E-state index < -0.39 is 0 Å². The molecule has 2 aromatic rings. The van der Waals surface area contributed by atoms with Crippen molar-refractivity contribution in [2.45, 2.75) is 12.8 Å². The molecule has 0 fully saturated rings. The van der Waals surface area contributed by atoms with Gasteiger partial charge in [0.2, 0.25) is 0 Å².